The van der Waals surface area contributed by atoms with Crippen molar-refractivity contribution in [2.75, 3.05) is 0 Å². The van der Waals surface area contributed by atoms with Crippen molar-refractivity contribution >= 4 is 15.2 Å². The quantitative estimate of drug-likeness (QED) is 0.682. The van der Waals surface area contributed by atoms with Gasteiger partial charge in [0.25, 0.3) is 0 Å². The third-order valence-electron chi connectivity index (χ3n) is 4.15. The molecular formula is C14H26O6P2. The van der Waals surface area contributed by atoms with Crippen molar-refractivity contribution in [3.63, 3.8) is 0 Å². The Morgan fingerprint density at radius 1 is 0.682 bits per heavy atom. The van der Waals surface area contributed by atoms with Crippen LogP contribution in [-0.2, 0) is 18.2 Å². The molecule has 2 N–H and O–H groups in total. The summed E-state index contributed by atoms with van der Waals surface area (Å²) in [6.45, 7) is 0. The van der Waals surface area contributed by atoms with Gasteiger partial charge in [-0.2, -0.15) is 0 Å². The highest BCUT2D eigenvalue weighted by atomic mass is 31.2. The van der Waals surface area contributed by atoms with Gasteiger partial charge in [0.15, 0.2) is 0 Å². The second-order valence-corrected chi connectivity index (χ2v) is 9.43. The van der Waals surface area contributed by atoms with E-state index >= 15 is 0 Å². The van der Waals surface area contributed by atoms with E-state index in [2.05, 4.69) is 0 Å². The van der Waals surface area contributed by atoms with Crippen LogP contribution in [0.3, 0.4) is 0 Å². The first-order valence-electron chi connectivity index (χ1n) is 8.08. The van der Waals surface area contributed by atoms with Gasteiger partial charge in [-0.3, -0.25) is 9.13 Å². The maximum Gasteiger partial charge on any atom is 0.352 e. The molecule has 0 aromatic heterocycles. The van der Waals surface area contributed by atoms with Crippen LogP contribution in [0.2, 0.25) is 0 Å². The molecule has 0 aliphatic heterocycles. The van der Waals surface area contributed by atoms with Crippen molar-refractivity contribution < 1.29 is 28.0 Å². The second kappa shape index (κ2) is 8.23. The lowest BCUT2D eigenvalue weighted by atomic mass is 9.98. The molecule has 2 fully saturated rings. The van der Waals surface area contributed by atoms with Gasteiger partial charge in [0, 0.05) is 11.6 Å². The molecule has 8 heteroatoms. The molecule has 2 atom stereocenters. The van der Waals surface area contributed by atoms with E-state index in [0.29, 0.717) is 0 Å². The van der Waals surface area contributed by atoms with E-state index in [-0.39, 0.29) is 12.2 Å². The molecule has 2 aliphatic rings. The highest BCUT2D eigenvalue weighted by molar-refractivity contribution is 7.60. The highest BCUT2D eigenvalue weighted by Crippen LogP contribution is 2.53. The van der Waals surface area contributed by atoms with Crippen LogP contribution < -0.4 is 0 Å². The summed E-state index contributed by atoms with van der Waals surface area (Å²) >= 11 is 0. The first-order chi connectivity index (χ1) is 10.4. The van der Waals surface area contributed by atoms with Gasteiger partial charge in [-0.15, -0.1) is 0 Å². The average molecular weight is 352 g/mol. The second-order valence-electron chi connectivity index (χ2n) is 6.16. The SMILES string of the molecule is O=P(O)(C=CP(=O)(O)OC1CCCCC1)OC1CCCCC1. The van der Waals surface area contributed by atoms with Crippen LogP contribution >= 0.6 is 15.2 Å². The van der Waals surface area contributed by atoms with Crippen molar-refractivity contribution in [2.45, 2.75) is 76.4 Å². The fourth-order valence-electron chi connectivity index (χ4n) is 3.01. The van der Waals surface area contributed by atoms with Gasteiger partial charge in [0.1, 0.15) is 0 Å². The molecule has 0 bridgehead atoms. The van der Waals surface area contributed by atoms with E-state index < -0.39 is 15.2 Å². The lowest BCUT2D eigenvalue weighted by Crippen LogP contribution is -2.15. The Kier molecular flexibility index (Phi) is 6.88. The smallest absolute Gasteiger partial charge is 0.321 e. The van der Waals surface area contributed by atoms with Gasteiger partial charge < -0.3 is 18.8 Å². The molecular weight excluding hydrogens is 326 g/mol. The summed E-state index contributed by atoms with van der Waals surface area (Å²) < 4.78 is 34.4. The highest BCUT2D eigenvalue weighted by Gasteiger charge is 2.28. The van der Waals surface area contributed by atoms with E-state index in [1.807, 2.05) is 0 Å². The van der Waals surface area contributed by atoms with Gasteiger partial charge in [-0.25, -0.2) is 0 Å². The fourth-order valence-corrected chi connectivity index (χ4v) is 5.77. The lowest BCUT2D eigenvalue weighted by Gasteiger charge is -2.24. The number of rotatable bonds is 6. The predicted octanol–water partition coefficient (Wildman–Crippen LogP) is 4.53. The minimum Gasteiger partial charge on any atom is -0.321 e. The monoisotopic (exact) mass is 352 g/mol. The van der Waals surface area contributed by atoms with E-state index in [1.54, 1.807) is 0 Å². The Morgan fingerprint density at radius 2 is 1.00 bits per heavy atom. The fraction of sp³-hybridized carbons (Fsp3) is 0.857. The molecule has 0 aromatic carbocycles. The lowest BCUT2D eigenvalue weighted by molar-refractivity contribution is 0.137. The van der Waals surface area contributed by atoms with Crippen LogP contribution in [0.1, 0.15) is 64.2 Å². The van der Waals surface area contributed by atoms with Crippen LogP contribution in [0.25, 0.3) is 0 Å². The van der Waals surface area contributed by atoms with Gasteiger partial charge in [0.05, 0.1) is 12.2 Å². The topological polar surface area (TPSA) is 93.1 Å². The van der Waals surface area contributed by atoms with E-state index in [9.17, 15) is 18.9 Å². The molecule has 2 rings (SSSR count). The molecule has 6 nitrogen and oxygen atoms in total. The molecule has 0 radical (unpaired) electrons. The predicted molar refractivity (Wildman–Crippen MR) is 84.7 cm³/mol. The van der Waals surface area contributed by atoms with Crippen LogP contribution in [0, 0.1) is 0 Å². The Morgan fingerprint density at radius 3 is 1.32 bits per heavy atom. The molecule has 0 saturated heterocycles. The normalized spacial score (nSPS) is 27.5. The molecule has 0 aromatic rings. The summed E-state index contributed by atoms with van der Waals surface area (Å²) in [5.74, 6) is 1.62. The van der Waals surface area contributed by atoms with Gasteiger partial charge in [-0.1, -0.05) is 38.5 Å². The standard InChI is InChI=1S/C14H26O6P2/c15-21(16,19-13-7-3-1-4-8-13)11-12-22(17,18)20-14-9-5-2-6-10-14/h11-14H,1-10H2,(H,15,16)(H,17,18). The van der Waals surface area contributed by atoms with Crippen molar-refractivity contribution in [3.8, 4) is 0 Å². The first-order valence-corrected chi connectivity index (χ1v) is 11.4. The zero-order chi connectivity index (χ0) is 16.1. The minimum absolute atomic E-state index is 0.244. The minimum atomic E-state index is -4.00. The molecule has 0 heterocycles. The third kappa shape index (κ3) is 6.66. The van der Waals surface area contributed by atoms with E-state index in [1.165, 1.54) is 0 Å². The van der Waals surface area contributed by atoms with Crippen molar-refractivity contribution in [3.05, 3.63) is 11.6 Å². The average Bonchev–Trinajstić information content (AvgIpc) is 2.47. The molecule has 128 valence electrons. The zero-order valence-corrected chi connectivity index (χ0v) is 14.6. The summed E-state index contributed by atoms with van der Waals surface area (Å²) in [5.41, 5.74) is 0. The molecule has 2 saturated carbocycles. The molecule has 2 unspecified atom stereocenters. The largest absolute Gasteiger partial charge is 0.352 e. The summed E-state index contributed by atoms with van der Waals surface area (Å²) in [5, 5.41) is 0. The summed E-state index contributed by atoms with van der Waals surface area (Å²) in [6.07, 6.45) is 8.71. The van der Waals surface area contributed by atoms with Gasteiger partial charge >= 0.3 is 15.2 Å². The van der Waals surface area contributed by atoms with Crippen LogP contribution in [0.5, 0.6) is 0 Å². The van der Waals surface area contributed by atoms with Crippen molar-refractivity contribution in [1.82, 2.24) is 0 Å². The molecule has 0 spiro atoms. The Labute approximate surface area is 132 Å². The van der Waals surface area contributed by atoms with Gasteiger partial charge in [0.2, 0.25) is 0 Å². The summed E-state index contributed by atoms with van der Waals surface area (Å²) in [6, 6.07) is 0. The van der Waals surface area contributed by atoms with E-state index in [4.69, 9.17) is 9.05 Å². The Balaban J connectivity index is 1.86. The number of hydrogen-bond donors (Lipinski definition) is 2. The molecule has 0 amide bonds. The van der Waals surface area contributed by atoms with Crippen molar-refractivity contribution in [1.29, 1.82) is 0 Å². The Bertz CT molecular complexity index is 424. The molecule has 2 aliphatic carbocycles. The van der Waals surface area contributed by atoms with Crippen molar-refractivity contribution in [2.24, 2.45) is 0 Å². The van der Waals surface area contributed by atoms with E-state index in [0.717, 1.165) is 75.8 Å². The summed E-state index contributed by atoms with van der Waals surface area (Å²) in [7, 11) is -8.01. The Hall–Kier alpha value is 0.0400. The zero-order valence-electron chi connectivity index (χ0n) is 12.8. The summed E-state index contributed by atoms with van der Waals surface area (Å²) in [4.78, 5) is 19.6. The van der Waals surface area contributed by atoms with Crippen LogP contribution in [0.4, 0.5) is 0 Å². The maximum atomic E-state index is 12.0. The van der Waals surface area contributed by atoms with Crippen LogP contribution in [-0.4, -0.2) is 22.0 Å². The maximum absolute atomic E-state index is 12.0. The third-order valence-corrected chi connectivity index (χ3v) is 6.64. The van der Waals surface area contributed by atoms with Crippen LogP contribution in [0.15, 0.2) is 11.6 Å². The number of hydrogen-bond acceptors (Lipinski definition) is 4. The first kappa shape index (κ1) is 18.4. The molecule has 22 heavy (non-hydrogen) atoms. The van der Waals surface area contributed by atoms with Gasteiger partial charge in [-0.05, 0) is 25.7 Å².